The molecule has 4 nitrogen and oxygen atoms in total. The van der Waals surface area contributed by atoms with Crippen LogP contribution in [0.15, 0.2) is 57.7 Å². The first-order chi connectivity index (χ1) is 11.2. The molecule has 0 aliphatic carbocycles. The number of hydrogen-bond acceptors (Lipinski definition) is 4. The van der Waals surface area contributed by atoms with E-state index in [9.17, 15) is 4.79 Å². The molecule has 0 radical (unpaired) electrons. The summed E-state index contributed by atoms with van der Waals surface area (Å²) in [5.41, 5.74) is 3.01. The molecule has 5 heteroatoms. The van der Waals surface area contributed by atoms with Crippen LogP contribution in [-0.4, -0.2) is 23.0 Å². The van der Waals surface area contributed by atoms with Crippen LogP contribution < -0.4 is 0 Å². The second kappa shape index (κ2) is 7.24. The van der Waals surface area contributed by atoms with Gasteiger partial charge >= 0.3 is 0 Å². The Hall–Kier alpha value is -2.40. The molecule has 0 aliphatic heterocycles. The zero-order chi connectivity index (χ0) is 16.1. The van der Waals surface area contributed by atoms with E-state index in [-0.39, 0.29) is 5.91 Å². The van der Waals surface area contributed by atoms with Gasteiger partial charge in [0.1, 0.15) is 5.69 Å². The predicted octanol–water partition coefficient (Wildman–Crippen LogP) is 3.99. The van der Waals surface area contributed by atoms with Crippen molar-refractivity contribution in [2.75, 3.05) is 7.05 Å². The maximum atomic E-state index is 12.2. The van der Waals surface area contributed by atoms with Gasteiger partial charge in [-0.1, -0.05) is 35.5 Å². The highest BCUT2D eigenvalue weighted by Gasteiger charge is 2.13. The summed E-state index contributed by atoms with van der Waals surface area (Å²) in [7, 11) is 1.79. The molecule has 1 aromatic carbocycles. The molecule has 2 aromatic heterocycles. The summed E-state index contributed by atoms with van der Waals surface area (Å²) >= 11 is 1.65. The summed E-state index contributed by atoms with van der Waals surface area (Å²) in [5, 5.41) is 8.18. The molecule has 23 heavy (non-hydrogen) atoms. The van der Waals surface area contributed by atoms with E-state index in [1.807, 2.05) is 41.8 Å². The van der Waals surface area contributed by atoms with Gasteiger partial charge in [0.15, 0.2) is 5.76 Å². The van der Waals surface area contributed by atoms with Crippen molar-refractivity contribution < 1.29 is 9.32 Å². The van der Waals surface area contributed by atoms with Gasteiger partial charge < -0.3 is 9.42 Å². The Morgan fingerprint density at radius 1 is 1.26 bits per heavy atom. The van der Waals surface area contributed by atoms with Gasteiger partial charge in [0.25, 0.3) is 0 Å². The third-order valence-corrected chi connectivity index (χ3v) is 4.39. The fraction of sp³-hybridized carbons (Fsp3) is 0.222. The first-order valence-corrected chi connectivity index (χ1v) is 8.43. The van der Waals surface area contributed by atoms with Gasteiger partial charge in [0.2, 0.25) is 5.91 Å². The molecule has 2 heterocycles. The van der Waals surface area contributed by atoms with Crippen LogP contribution >= 0.6 is 11.3 Å². The summed E-state index contributed by atoms with van der Waals surface area (Å²) in [5.74, 6) is 0.795. The molecule has 0 saturated heterocycles. The van der Waals surface area contributed by atoms with Gasteiger partial charge in [0, 0.05) is 25.1 Å². The molecule has 0 bridgehead atoms. The van der Waals surface area contributed by atoms with Crippen LogP contribution in [-0.2, 0) is 17.8 Å². The van der Waals surface area contributed by atoms with E-state index >= 15 is 0 Å². The van der Waals surface area contributed by atoms with E-state index in [0.29, 0.717) is 18.7 Å². The van der Waals surface area contributed by atoms with Crippen molar-refractivity contribution in [3.8, 4) is 11.3 Å². The molecular formula is C18H18N2O2S. The number of aromatic nitrogens is 1. The lowest BCUT2D eigenvalue weighted by Gasteiger charge is -2.14. The SMILES string of the molecule is CN(Cc1cc(-c2ccccc2)no1)C(=O)CCc1ccsc1. The zero-order valence-electron chi connectivity index (χ0n) is 12.9. The number of aryl methyl sites for hydroxylation is 1. The normalized spacial score (nSPS) is 10.7. The summed E-state index contributed by atoms with van der Waals surface area (Å²) in [6, 6.07) is 13.8. The number of rotatable bonds is 6. The van der Waals surface area contributed by atoms with E-state index < -0.39 is 0 Å². The highest BCUT2D eigenvalue weighted by atomic mass is 32.1. The Morgan fingerprint density at radius 2 is 2.09 bits per heavy atom. The van der Waals surface area contributed by atoms with Crippen LogP contribution in [0.5, 0.6) is 0 Å². The Morgan fingerprint density at radius 3 is 2.83 bits per heavy atom. The molecule has 0 N–H and O–H groups in total. The first-order valence-electron chi connectivity index (χ1n) is 7.48. The fourth-order valence-corrected chi connectivity index (χ4v) is 3.03. The lowest BCUT2D eigenvalue weighted by Crippen LogP contribution is -2.26. The van der Waals surface area contributed by atoms with E-state index in [2.05, 4.69) is 16.6 Å². The number of nitrogens with zero attached hydrogens (tertiary/aromatic N) is 2. The Bertz CT molecular complexity index is 750. The number of benzene rings is 1. The summed E-state index contributed by atoms with van der Waals surface area (Å²) in [4.78, 5) is 13.9. The molecule has 0 aliphatic rings. The van der Waals surface area contributed by atoms with Crippen LogP contribution in [0.3, 0.4) is 0 Å². The van der Waals surface area contributed by atoms with Crippen molar-refractivity contribution in [2.24, 2.45) is 0 Å². The van der Waals surface area contributed by atoms with Crippen molar-refractivity contribution in [2.45, 2.75) is 19.4 Å². The molecule has 1 amide bonds. The molecule has 0 unspecified atom stereocenters. The summed E-state index contributed by atoms with van der Waals surface area (Å²) in [6.07, 6.45) is 1.28. The molecule has 0 fully saturated rings. The van der Waals surface area contributed by atoms with Crippen LogP contribution in [0.25, 0.3) is 11.3 Å². The minimum atomic E-state index is 0.105. The van der Waals surface area contributed by atoms with Crippen LogP contribution in [0, 0.1) is 0 Å². The van der Waals surface area contributed by atoms with Crippen molar-refractivity contribution >= 4 is 17.2 Å². The van der Waals surface area contributed by atoms with E-state index in [1.165, 1.54) is 5.56 Å². The lowest BCUT2D eigenvalue weighted by molar-refractivity contribution is -0.130. The second-order valence-corrected chi connectivity index (χ2v) is 6.21. The number of carbonyl (C=O) groups is 1. The van der Waals surface area contributed by atoms with Crippen LogP contribution in [0.2, 0.25) is 0 Å². The molecule has 3 rings (SSSR count). The van der Waals surface area contributed by atoms with Gasteiger partial charge in [0.05, 0.1) is 6.54 Å². The van der Waals surface area contributed by atoms with Crippen LogP contribution in [0.4, 0.5) is 0 Å². The predicted molar refractivity (Wildman–Crippen MR) is 91.1 cm³/mol. The quantitative estimate of drug-likeness (QED) is 0.688. The van der Waals surface area contributed by atoms with Gasteiger partial charge in [-0.2, -0.15) is 11.3 Å². The van der Waals surface area contributed by atoms with E-state index in [1.54, 1.807) is 23.3 Å². The van der Waals surface area contributed by atoms with Crippen molar-refractivity contribution in [3.05, 3.63) is 64.5 Å². The molecule has 3 aromatic rings. The van der Waals surface area contributed by atoms with E-state index in [0.717, 1.165) is 17.7 Å². The Balaban J connectivity index is 1.56. The number of hydrogen-bond donors (Lipinski definition) is 0. The monoisotopic (exact) mass is 326 g/mol. The van der Waals surface area contributed by atoms with E-state index in [4.69, 9.17) is 4.52 Å². The van der Waals surface area contributed by atoms with Gasteiger partial charge in [-0.25, -0.2) is 0 Å². The van der Waals surface area contributed by atoms with Gasteiger partial charge in [-0.15, -0.1) is 0 Å². The van der Waals surface area contributed by atoms with Crippen molar-refractivity contribution in [1.82, 2.24) is 10.1 Å². The van der Waals surface area contributed by atoms with Crippen LogP contribution in [0.1, 0.15) is 17.7 Å². The average Bonchev–Trinajstić information content (AvgIpc) is 3.25. The zero-order valence-corrected chi connectivity index (χ0v) is 13.8. The fourth-order valence-electron chi connectivity index (χ4n) is 2.33. The van der Waals surface area contributed by atoms with Gasteiger partial charge in [-0.05, 0) is 28.8 Å². The molecule has 0 atom stereocenters. The molecular weight excluding hydrogens is 308 g/mol. The third-order valence-electron chi connectivity index (χ3n) is 3.65. The Labute approximate surface area is 139 Å². The lowest BCUT2D eigenvalue weighted by atomic mass is 10.1. The highest BCUT2D eigenvalue weighted by Crippen LogP contribution is 2.19. The molecule has 118 valence electrons. The number of thiophene rings is 1. The minimum Gasteiger partial charge on any atom is -0.359 e. The summed E-state index contributed by atoms with van der Waals surface area (Å²) < 4.78 is 5.35. The topological polar surface area (TPSA) is 46.3 Å². The van der Waals surface area contributed by atoms with Crippen molar-refractivity contribution in [1.29, 1.82) is 0 Å². The highest BCUT2D eigenvalue weighted by molar-refractivity contribution is 7.07. The standard InChI is InChI=1S/C18H18N2O2S/c1-20(18(21)8-7-14-9-10-23-13-14)12-16-11-17(19-22-16)15-5-3-2-4-6-15/h2-6,9-11,13H,7-8,12H2,1H3. The second-order valence-electron chi connectivity index (χ2n) is 5.43. The molecule has 0 saturated carbocycles. The average molecular weight is 326 g/mol. The largest absolute Gasteiger partial charge is 0.359 e. The smallest absolute Gasteiger partial charge is 0.223 e. The number of amides is 1. The Kier molecular flexibility index (Phi) is 4.88. The number of carbonyl (C=O) groups excluding carboxylic acids is 1. The molecule has 0 spiro atoms. The minimum absolute atomic E-state index is 0.105. The maximum Gasteiger partial charge on any atom is 0.223 e. The third kappa shape index (κ3) is 4.07. The maximum absolute atomic E-state index is 12.2. The summed E-state index contributed by atoms with van der Waals surface area (Å²) in [6.45, 7) is 0.433. The van der Waals surface area contributed by atoms with Gasteiger partial charge in [-0.3, -0.25) is 4.79 Å². The van der Waals surface area contributed by atoms with Crippen molar-refractivity contribution in [3.63, 3.8) is 0 Å². The first kappa shape index (κ1) is 15.5.